The second-order valence-electron chi connectivity index (χ2n) is 4.48. The van der Waals surface area contributed by atoms with Gasteiger partial charge in [-0.05, 0) is 32.9 Å². The molecule has 108 valence electrons. The van der Waals surface area contributed by atoms with Gasteiger partial charge in [0.1, 0.15) is 5.82 Å². The zero-order valence-corrected chi connectivity index (χ0v) is 12.5. The quantitative estimate of drug-likeness (QED) is 0.683. The molecule has 1 atom stereocenters. The summed E-state index contributed by atoms with van der Waals surface area (Å²) < 4.78 is 26.5. The van der Waals surface area contributed by atoms with Crippen LogP contribution in [0.1, 0.15) is 31.8 Å². The third-order valence-electron chi connectivity index (χ3n) is 2.68. The average Bonchev–Trinajstić information content (AvgIpc) is 2.37. The molecule has 0 fully saturated rings. The Morgan fingerprint density at radius 2 is 2.16 bits per heavy atom. The van der Waals surface area contributed by atoms with Crippen molar-refractivity contribution in [3.05, 3.63) is 23.8 Å². The van der Waals surface area contributed by atoms with E-state index in [9.17, 15) is 8.42 Å². The molecule has 1 rings (SSSR count). The Morgan fingerprint density at radius 1 is 1.42 bits per heavy atom. The first-order valence-corrected chi connectivity index (χ1v) is 7.98. The molecule has 0 aliphatic carbocycles. The van der Waals surface area contributed by atoms with Crippen molar-refractivity contribution in [1.82, 2.24) is 20.0 Å². The van der Waals surface area contributed by atoms with Crippen molar-refractivity contribution in [1.29, 1.82) is 0 Å². The first-order chi connectivity index (χ1) is 8.95. The molecule has 7 heteroatoms. The molecule has 6 nitrogen and oxygen atoms in total. The second-order valence-corrected chi connectivity index (χ2v) is 6.66. The molecule has 19 heavy (non-hydrogen) atoms. The molecule has 1 heterocycles. The van der Waals surface area contributed by atoms with E-state index in [1.165, 1.54) is 0 Å². The van der Waals surface area contributed by atoms with Crippen LogP contribution < -0.4 is 10.0 Å². The van der Waals surface area contributed by atoms with Gasteiger partial charge in [-0.25, -0.2) is 23.1 Å². The molecule has 2 N–H and O–H groups in total. The fourth-order valence-electron chi connectivity index (χ4n) is 1.51. The maximum Gasteiger partial charge on any atom is 0.215 e. The van der Waals surface area contributed by atoms with E-state index in [1.807, 2.05) is 6.92 Å². The molecule has 0 radical (unpaired) electrons. The maximum atomic E-state index is 12.0. The fraction of sp³-hybridized carbons (Fsp3) is 0.667. The molecule has 0 aromatic carbocycles. The first kappa shape index (κ1) is 16.0. The van der Waals surface area contributed by atoms with Crippen LogP contribution in [0.3, 0.4) is 0 Å². The van der Waals surface area contributed by atoms with Crippen LogP contribution >= 0.6 is 0 Å². The highest BCUT2D eigenvalue weighted by molar-refractivity contribution is 7.90. The van der Waals surface area contributed by atoms with Gasteiger partial charge >= 0.3 is 0 Å². The number of rotatable bonds is 8. The molecule has 0 bridgehead atoms. The molecule has 1 aromatic heterocycles. The maximum absolute atomic E-state index is 12.0. The highest BCUT2D eigenvalue weighted by atomic mass is 32.2. The van der Waals surface area contributed by atoms with Crippen LogP contribution in [0, 0.1) is 6.92 Å². The third-order valence-corrected chi connectivity index (χ3v) is 4.45. The van der Waals surface area contributed by atoms with Crippen LogP contribution in [-0.4, -0.2) is 36.7 Å². The lowest BCUT2D eigenvalue weighted by molar-refractivity contribution is 0.556. The summed E-state index contributed by atoms with van der Waals surface area (Å²) in [5.41, 5.74) is 0.671. The average molecular weight is 286 g/mol. The molecular formula is C12H22N4O2S. The van der Waals surface area contributed by atoms with Crippen LogP contribution in [0.5, 0.6) is 0 Å². The number of sulfonamides is 1. The van der Waals surface area contributed by atoms with Crippen LogP contribution in [-0.2, 0) is 16.6 Å². The Kier molecular flexibility index (Phi) is 6.33. The standard InChI is InChI=1S/C12H22N4O2S/c1-4-6-13-8-10(2)19(17,18)15-9-12-5-7-14-11(3)16-12/h5,7,10,13,15H,4,6,8-9H2,1-3H3. The van der Waals surface area contributed by atoms with Gasteiger partial charge < -0.3 is 5.32 Å². The monoisotopic (exact) mass is 286 g/mol. The van der Waals surface area contributed by atoms with E-state index in [2.05, 4.69) is 20.0 Å². The van der Waals surface area contributed by atoms with E-state index in [1.54, 1.807) is 26.1 Å². The van der Waals surface area contributed by atoms with Gasteiger partial charge in [0.25, 0.3) is 0 Å². The molecule has 0 amide bonds. The fourth-order valence-corrected chi connectivity index (χ4v) is 2.48. The van der Waals surface area contributed by atoms with Crippen LogP contribution in [0.25, 0.3) is 0 Å². The van der Waals surface area contributed by atoms with Crippen molar-refractivity contribution < 1.29 is 8.42 Å². The van der Waals surface area contributed by atoms with Gasteiger partial charge in [-0.2, -0.15) is 0 Å². The van der Waals surface area contributed by atoms with Crippen molar-refractivity contribution in [3.63, 3.8) is 0 Å². The Balaban J connectivity index is 2.50. The van der Waals surface area contributed by atoms with Gasteiger partial charge in [0, 0.05) is 12.7 Å². The predicted molar refractivity (Wildman–Crippen MR) is 75.2 cm³/mol. The molecule has 0 saturated heterocycles. The number of aryl methyl sites for hydroxylation is 1. The summed E-state index contributed by atoms with van der Waals surface area (Å²) in [7, 11) is -3.32. The SMILES string of the molecule is CCCNCC(C)S(=O)(=O)NCc1ccnc(C)n1. The largest absolute Gasteiger partial charge is 0.315 e. The smallest absolute Gasteiger partial charge is 0.215 e. The second kappa shape index (κ2) is 7.52. The lowest BCUT2D eigenvalue weighted by atomic mass is 10.4. The van der Waals surface area contributed by atoms with E-state index in [0.717, 1.165) is 13.0 Å². The van der Waals surface area contributed by atoms with Gasteiger partial charge in [-0.3, -0.25) is 0 Å². The van der Waals surface area contributed by atoms with Gasteiger partial charge in [-0.15, -0.1) is 0 Å². The van der Waals surface area contributed by atoms with Crippen molar-refractivity contribution in [3.8, 4) is 0 Å². The molecule has 0 aliphatic heterocycles. The summed E-state index contributed by atoms with van der Waals surface area (Å²) in [5.74, 6) is 0.634. The highest BCUT2D eigenvalue weighted by Crippen LogP contribution is 2.00. The summed E-state index contributed by atoms with van der Waals surface area (Å²) in [6, 6.07) is 1.70. The normalized spacial score (nSPS) is 13.4. The van der Waals surface area contributed by atoms with Crippen LogP contribution in [0.15, 0.2) is 12.3 Å². The van der Waals surface area contributed by atoms with Crippen molar-refractivity contribution in [2.75, 3.05) is 13.1 Å². The molecule has 1 unspecified atom stereocenters. The van der Waals surface area contributed by atoms with Gasteiger partial charge in [0.15, 0.2) is 0 Å². The Bertz CT molecular complexity index is 490. The third kappa shape index (κ3) is 5.63. The molecular weight excluding hydrogens is 264 g/mol. The summed E-state index contributed by atoms with van der Waals surface area (Å²) in [4.78, 5) is 8.13. The van der Waals surface area contributed by atoms with Crippen molar-refractivity contribution in [2.45, 2.75) is 39.0 Å². The Hall–Kier alpha value is -1.05. The first-order valence-electron chi connectivity index (χ1n) is 6.43. The number of hydrogen-bond donors (Lipinski definition) is 2. The summed E-state index contributed by atoms with van der Waals surface area (Å²) in [5, 5.41) is 2.63. The minimum Gasteiger partial charge on any atom is -0.315 e. The summed E-state index contributed by atoms with van der Waals surface area (Å²) in [6.07, 6.45) is 2.61. The lowest BCUT2D eigenvalue weighted by Gasteiger charge is -2.14. The molecule has 0 aliphatic rings. The lowest BCUT2D eigenvalue weighted by Crippen LogP contribution is -2.39. The van der Waals surface area contributed by atoms with Crippen LogP contribution in [0.2, 0.25) is 0 Å². The van der Waals surface area contributed by atoms with E-state index in [0.29, 0.717) is 18.1 Å². The zero-order chi connectivity index (χ0) is 14.3. The van der Waals surface area contributed by atoms with E-state index < -0.39 is 15.3 Å². The molecule has 0 saturated carbocycles. The van der Waals surface area contributed by atoms with E-state index in [4.69, 9.17) is 0 Å². The highest BCUT2D eigenvalue weighted by Gasteiger charge is 2.19. The summed E-state index contributed by atoms with van der Waals surface area (Å²) >= 11 is 0. The number of nitrogens with zero attached hydrogens (tertiary/aromatic N) is 2. The Morgan fingerprint density at radius 3 is 2.79 bits per heavy atom. The molecule has 1 aromatic rings. The van der Waals surface area contributed by atoms with Gasteiger partial charge in [-0.1, -0.05) is 6.92 Å². The zero-order valence-electron chi connectivity index (χ0n) is 11.7. The van der Waals surface area contributed by atoms with E-state index in [-0.39, 0.29) is 6.54 Å². The van der Waals surface area contributed by atoms with Crippen molar-refractivity contribution in [2.24, 2.45) is 0 Å². The van der Waals surface area contributed by atoms with E-state index >= 15 is 0 Å². The number of nitrogens with one attached hydrogen (secondary N) is 2. The predicted octanol–water partition coefficient (Wildman–Crippen LogP) is 0.593. The minimum absolute atomic E-state index is 0.198. The van der Waals surface area contributed by atoms with Crippen LogP contribution in [0.4, 0.5) is 0 Å². The molecule has 0 spiro atoms. The van der Waals surface area contributed by atoms with Gasteiger partial charge in [0.2, 0.25) is 10.0 Å². The van der Waals surface area contributed by atoms with Gasteiger partial charge in [0.05, 0.1) is 17.5 Å². The topological polar surface area (TPSA) is 84.0 Å². The van der Waals surface area contributed by atoms with Crippen molar-refractivity contribution >= 4 is 10.0 Å². The Labute approximate surface area is 115 Å². The summed E-state index contributed by atoms with van der Waals surface area (Å²) in [6.45, 7) is 6.98. The minimum atomic E-state index is -3.32. The number of hydrogen-bond acceptors (Lipinski definition) is 5. The number of aromatic nitrogens is 2.